The fraction of sp³-hybridized carbons (Fsp3) is 1.00. The minimum absolute atomic E-state index is 0.0809. The Morgan fingerprint density at radius 3 is 2.56 bits per heavy atom. The Labute approximate surface area is 93.7 Å². The summed E-state index contributed by atoms with van der Waals surface area (Å²) in [6.07, 6.45) is -3.38. The van der Waals surface area contributed by atoms with E-state index in [-0.39, 0.29) is 13.2 Å². The van der Waals surface area contributed by atoms with Crippen LogP contribution in [0.15, 0.2) is 0 Å². The van der Waals surface area contributed by atoms with E-state index in [2.05, 4.69) is 0 Å². The fourth-order valence-electron chi connectivity index (χ4n) is 2.21. The van der Waals surface area contributed by atoms with Crippen molar-refractivity contribution in [2.45, 2.75) is 12.6 Å². The van der Waals surface area contributed by atoms with Crippen molar-refractivity contribution < 1.29 is 17.9 Å². The fourth-order valence-corrected chi connectivity index (χ4v) is 2.21. The molecular weight excluding hydrogens is 221 g/mol. The molecule has 0 aromatic carbocycles. The van der Waals surface area contributed by atoms with Crippen LogP contribution in [-0.4, -0.2) is 51.0 Å². The quantitative estimate of drug-likeness (QED) is 0.782. The average Bonchev–Trinajstić information content (AvgIpc) is 2.58. The molecule has 0 aromatic heterocycles. The summed E-state index contributed by atoms with van der Waals surface area (Å²) in [5.74, 6) is -1.70. The number of nitrogens with zero attached hydrogens (tertiary/aromatic N) is 1. The zero-order valence-corrected chi connectivity index (χ0v) is 9.46. The molecule has 0 amide bonds. The lowest BCUT2D eigenvalue weighted by molar-refractivity contribution is -0.183. The van der Waals surface area contributed by atoms with Gasteiger partial charge in [-0.15, -0.1) is 0 Å². The van der Waals surface area contributed by atoms with E-state index >= 15 is 0 Å². The Kier molecular flexibility index (Phi) is 5.01. The van der Waals surface area contributed by atoms with Gasteiger partial charge in [0, 0.05) is 26.1 Å². The molecule has 6 heteroatoms. The second-order valence-electron chi connectivity index (χ2n) is 4.27. The number of rotatable bonds is 5. The standard InChI is InChI=1S/C10H19F3N2O/c1-16-7-8-5-15(4-2-3-14)6-9(8)10(11,12)13/h8-9H,2-7,14H2,1H3/t8-,9+/m0/s1. The zero-order chi connectivity index (χ0) is 12.2. The molecular formula is C10H19F3N2O. The summed E-state index contributed by atoms with van der Waals surface area (Å²) in [5, 5.41) is 0. The second-order valence-corrected chi connectivity index (χ2v) is 4.27. The van der Waals surface area contributed by atoms with E-state index in [1.807, 2.05) is 4.90 Å². The summed E-state index contributed by atoms with van der Waals surface area (Å²) < 4.78 is 43.0. The van der Waals surface area contributed by atoms with Crippen LogP contribution in [0.4, 0.5) is 13.2 Å². The SMILES string of the molecule is COC[C@@H]1CN(CCCN)C[C@H]1C(F)(F)F. The molecule has 0 aliphatic carbocycles. The Morgan fingerprint density at radius 1 is 1.38 bits per heavy atom. The van der Waals surface area contributed by atoms with Gasteiger partial charge in [-0.3, -0.25) is 0 Å². The van der Waals surface area contributed by atoms with Gasteiger partial charge in [-0.25, -0.2) is 0 Å². The summed E-state index contributed by atoms with van der Waals surface area (Å²) in [7, 11) is 1.44. The van der Waals surface area contributed by atoms with E-state index in [0.29, 0.717) is 19.6 Å². The van der Waals surface area contributed by atoms with Gasteiger partial charge < -0.3 is 15.4 Å². The summed E-state index contributed by atoms with van der Waals surface area (Å²) in [6, 6.07) is 0. The minimum Gasteiger partial charge on any atom is -0.384 e. The molecule has 1 heterocycles. The molecule has 16 heavy (non-hydrogen) atoms. The number of nitrogens with two attached hydrogens (primary N) is 1. The summed E-state index contributed by atoms with van der Waals surface area (Å²) in [6.45, 7) is 1.87. The predicted octanol–water partition coefficient (Wildman–Crippen LogP) is 1.09. The van der Waals surface area contributed by atoms with Crippen LogP contribution in [0.2, 0.25) is 0 Å². The van der Waals surface area contributed by atoms with Gasteiger partial charge in [-0.05, 0) is 19.5 Å². The molecule has 1 fully saturated rings. The first kappa shape index (κ1) is 13.7. The van der Waals surface area contributed by atoms with Gasteiger partial charge >= 0.3 is 6.18 Å². The molecule has 0 radical (unpaired) electrons. The van der Waals surface area contributed by atoms with Crippen LogP contribution < -0.4 is 5.73 Å². The van der Waals surface area contributed by atoms with Crippen molar-refractivity contribution in [3.63, 3.8) is 0 Å². The topological polar surface area (TPSA) is 38.5 Å². The Hall–Kier alpha value is -0.330. The molecule has 96 valence electrons. The number of hydrogen-bond donors (Lipinski definition) is 1. The van der Waals surface area contributed by atoms with Gasteiger partial charge in [0.05, 0.1) is 12.5 Å². The first-order valence-corrected chi connectivity index (χ1v) is 5.47. The van der Waals surface area contributed by atoms with Gasteiger partial charge in [0.15, 0.2) is 0 Å². The molecule has 3 nitrogen and oxygen atoms in total. The van der Waals surface area contributed by atoms with Crippen molar-refractivity contribution in [3.05, 3.63) is 0 Å². The lowest BCUT2D eigenvalue weighted by Gasteiger charge is -2.20. The van der Waals surface area contributed by atoms with Crippen molar-refractivity contribution in [3.8, 4) is 0 Å². The maximum Gasteiger partial charge on any atom is 0.393 e. The first-order valence-electron chi connectivity index (χ1n) is 5.47. The Bertz CT molecular complexity index is 211. The number of likely N-dealkylation sites (tertiary alicyclic amines) is 1. The van der Waals surface area contributed by atoms with Gasteiger partial charge in [-0.2, -0.15) is 13.2 Å². The van der Waals surface area contributed by atoms with Gasteiger partial charge in [0.25, 0.3) is 0 Å². The van der Waals surface area contributed by atoms with Gasteiger partial charge in [0.1, 0.15) is 0 Å². The van der Waals surface area contributed by atoms with E-state index in [9.17, 15) is 13.2 Å². The van der Waals surface area contributed by atoms with Crippen LogP contribution in [0, 0.1) is 11.8 Å². The number of hydrogen-bond acceptors (Lipinski definition) is 3. The van der Waals surface area contributed by atoms with Crippen LogP contribution in [0.3, 0.4) is 0 Å². The normalized spacial score (nSPS) is 27.6. The summed E-state index contributed by atoms with van der Waals surface area (Å²) in [4.78, 5) is 1.83. The smallest absolute Gasteiger partial charge is 0.384 e. The molecule has 2 N–H and O–H groups in total. The van der Waals surface area contributed by atoms with Crippen molar-refractivity contribution in [2.24, 2.45) is 17.6 Å². The third-order valence-corrected chi connectivity index (χ3v) is 3.00. The largest absolute Gasteiger partial charge is 0.393 e. The molecule has 1 saturated heterocycles. The predicted molar refractivity (Wildman–Crippen MR) is 55.0 cm³/mol. The average molecular weight is 240 g/mol. The van der Waals surface area contributed by atoms with Crippen molar-refractivity contribution in [1.29, 1.82) is 0 Å². The highest BCUT2D eigenvalue weighted by atomic mass is 19.4. The summed E-state index contributed by atoms with van der Waals surface area (Å²) in [5.41, 5.74) is 5.35. The van der Waals surface area contributed by atoms with Crippen molar-refractivity contribution in [2.75, 3.05) is 39.9 Å². The Morgan fingerprint density at radius 2 is 2.06 bits per heavy atom. The molecule has 0 aromatic rings. The highest BCUT2D eigenvalue weighted by Gasteiger charge is 2.49. The lowest BCUT2D eigenvalue weighted by atomic mass is 9.96. The third-order valence-electron chi connectivity index (χ3n) is 3.00. The van der Waals surface area contributed by atoms with Crippen LogP contribution in [-0.2, 0) is 4.74 Å². The molecule has 0 bridgehead atoms. The number of ether oxygens (including phenoxy) is 1. The molecule has 0 saturated carbocycles. The van der Waals surface area contributed by atoms with E-state index in [4.69, 9.17) is 10.5 Å². The third kappa shape index (κ3) is 3.61. The molecule has 1 aliphatic heterocycles. The van der Waals surface area contributed by atoms with E-state index < -0.39 is 18.0 Å². The van der Waals surface area contributed by atoms with Crippen LogP contribution >= 0.6 is 0 Å². The maximum atomic E-state index is 12.7. The first-order chi connectivity index (χ1) is 7.49. The number of methoxy groups -OCH3 is 1. The number of alkyl halides is 3. The monoisotopic (exact) mass is 240 g/mol. The Balaban J connectivity index is 2.54. The van der Waals surface area contributed by atoms with E-state index in [0.717, 1.165) is 6.42 Å². The highest BCUT2D eigenvalue weighted by Crippen LogP contribution is 2.37. The summed E-state index contributed by atoms with van der Waals surface area (Å²) >= 11 is 0. The van der Waals surface area contributed by atoms with Crippen LogP contribution in [0.1, 0.15) is 6.42 Å². The molecule has 0 unspecified atom stereocenters. The molecule has 2 atom stereocenters. The van der Waals surface area contributed by atoms with Crippen molar-refractivity contribution >= 4 is 0 Å². The molecule has 1 rings (SSSR count). The molecule has 1 aliphatic rings. The highest BCUT2D eigenvalue weighted by molar-refractivity contribution is 4.88. The van der Waals surface area contributed by atoms with E-state index in [1.54, 1.807) is 0 Å². The van der Waals surface area contributed by atoms with Crippen LogP contribution in [0.5, 0.6) is 0 Å². The van der Waals surface area contributed by atoms with Gasteiger partial charge in [0.2, 0.25) is 0 Å². The second kappa shape index (κ2) is 5.84. The van der Waals surface area contributed by atoms with E-state index in [1.165, 1.54) is 7.11 Å². The van der Waals surface area contributed by atoms with Crippen molar-refractivity contribution in [1.82, 2.24) is 4.90 Å². The minimum atomic E-state index is -4.12. The zero-order valence-electron chi connectivity index (χ0n) is 9.46. The van der Waals surface area contributed by atoms with Gasteiger partial charge in [-0.1, -0.05) is 0 Å². The van der Waals surface area contributed by atoms with Crippen LogP contribution in [0.25, 0.3) is 0 Å². The maximum absolute atomic E-state index is 12.7. The number of halogens is 3. The molecule has 0 spiro atoms. The lowest BCUT2D eigenvalue weighted by Crippen LogP contribution is -2.32.